The minimum Gasteiger partial charge on any atom is -0.486 e. The Bertz CT molecular complexity index is 866. The Morgan fingerprint density at radius 1 is 1.31 bits per heavy atom. The minimum atomic E-state index is -0.519. The molecule has 3 rings (SSSR count). The number of anilines is 1. The van der Waals surface area contributed by atoms with E-state index in [4.69, 9.17) is 14.2 Å². The number of fused-ring (bicyclic) bond motifs is 1. The first-order chi connectivity index (χ1) is 14.0. The molecule has 1 N–H and O–H groups in total. The van der Waals surface area contributed by atoms with E-state index in [1.165, 1.54) is 10.9 Å². The molecule has 0 saturated heterocycles. The molecule has 0 fully saturated rings. The molecule has 9 nitrogen and oxygen atoms in total. The van der Waals surface area contributed by atoms with Crippen LogP contribution in [0, 0.1) is 0 Å². The van der Waals surface area contributed by atoms with Crippen molar-refractivity contribution in [2.75, 3.05) is 38.2 Å². The lowest BCUT2D eigenvalue weighted by Crippen LogP contribution is -2.43. The number of nitrogens with one attached hydrogen (secondary N) is 1. The molecule has 156 valence electrons. The summed E-state index contributed by atoms with van der Waals surface area (Å²) in [6.07, 6.45) is 1.21. The number of carbonyl (C=O) groups is 2. The summed E-state index contributed by atoms with van der Waals surface area (Å²) in [6, 6.07) is 7.52. The van der Waals surface area contributed by atoms with Gasteiger partial charge in [-0.05, 0) is 25.6 Å². The van der Waals surface area contributed by atoms with E-state index >= 15 is 0 Å². The number of nitrogens with zero attached hydrogens (tertiary/aromatic N) is 3. The van der Waals surface area contributed by atoms with Crippen LogP contribution in [-0.2, 0) is 16.6 Å². The van der Waals surface area contributed by atoms with Gasteiger partial charge in [0.15, 0.2) is 11.5 Å². The lowest BCUT2D eigenvalue weighted by Gasteiger charge is -2.30. The van der Waals surface area contributed by atoms with Gasteiger partial charge in [-0.25, -0.2) is 4.79 Å². The molecule has 0 bridgehead atoms. The highest BCUT2D eigenvalue weighted by atomic mass is 16.6. The second-order valence-electron chi connectivity index (χ2n) is 6.62. The van der Waals surface area contributed by atoms with E-state index in [0.717, 1.165) is 5.75 Å². The number of aryl methyl sites for hydroxylation is 1. The maximum atomic E-state index is 12.6. The van der Waals surface area contributed by atoms with Crippen LogP contribution in [-0.4, -0.2) is 65.5 Å². The van der Waals surface area contributed by atoms with Gasteiger partial charge in [-0.3, -0.25) is 14.4 Å². The van der Waals surface area contributed by atoms with Crippen LogP contribution < -0.4 is 14.8 Å². The summed E-state index contributed by atoms with van der Waals surface area (Å²) < 4.78 is 18.2. The average Bonchev–Trinajstić information content (AvgIpc) is 3.07. The van der Waals surface area contributed by atoms with E-state index in [1.54, 1.807) is 14.0 Å². The fourth-order valence-corrected chi connectivity index (χ4v) is 3.07. The summed E-state index contributed by atoms with van der Waals surface area (Å²) in [5.74, 6) is 0.980. The second kappa shape index (κ2) is 9.42. The van der Waals surface area contributed by atoms with Crippen LogP contribution in [0.2, 0.25) is 0 Å². The summed E-state index contributed by atoms with van der Waals surface area (Å²) in [5.41, 5.74) is 0.228. The average molecular weight is 402 g/mol. The first kappa shape index (κ1) is 20.7. The zero-order valence-electron chi connectivity index (χ0n) is 16.9. The number of likely N-dealkylation sites (N-methyl/N-ethyl adjacent to an activating group) is 1. The predicted molar refractivity (Wildman–Crippen MR) is 106 cm³/mol. The largest absolute Gasteiger partial charge is 0.486 e. The summed E-state index contributed by atoms with van der Waals surface area (Å²) in [6.45, 7) is 5.70. The van der Waals surface area contributed by atoms with Gasteiger partial charge in [0.05, 0.1) is 19.3 Å². The van der Waals surface area contributed by atoms with Crippen molar-refractivity contribution in [3.05, 3.63) is 36.0 Å². The van der Waals surface area contributed by atoms with Crippen LogP contribution >= 0.6 is 0 Å². The number of carbonyl (C=O) groups excluding carboxylic acids is 2. The summed E-state index contributed by atoms with van der Waals surface area (Å²) >= 11 is 0. The van der Waals surface area contributed by atoms with E-state index in [2.05, 4.69) is 10.4 Å². The predicted octanol–water partition coefficient (Wildman–Crippen LogP) is 1.70. The van der Waals surface area contributed by atoms with Crippen LogP contribution in [0.4, 0.5) is 5.82 Å². The third kappa shape index (κ3) is 5.05. The van der Waals surface area contributed by atoms with Gasteiger partial charge < -0.3 is 19.5 Å². The topological polar surface area (TPSA) is 94.9 Å². The summed E-state index contributed by atoms with van der Waals surface area (Å²) in [7, 11) is 1.65. The third-order valence-corrected chi connectivity index (χ3v) is 4.54. The summed E-state index contributed by atoms with van der Waals surface area (Å²) in [4.78, 5) is 26.6. The van der Waals surface area contributed by atoms with Crippen LogP contribution in [0.1, 0.15) is 24.2 Å². The Labute approximate surface area is 169 Å². The minimum absolute atomic E-state index is 0.144. The summed E-state index contributed by atoms with van der Waals surface area (Å²) in [5, 5.41) is 6.80. The molecule has 1 aliphatic rings. The first-order valence-electron chi connectivity index (χ1n) is 9.61. The Kier molecular flexibility index (Phi) is 6.71. The van der Waals surface area contributed by atoms with E-state index in [-0.39, 0.29) is 30.7 Å². The molecule has 0 aliphatic carbocycles. The monoisotopic (exact) mass is 402 g/mol. The molecule has 1 amide bonds. The van der Waals surface area contributed by atoms with Crippen molar-refractivity contribution in [1.29, 1.82) is 0 Å². The first-order valence-corrected chi connectivity index (χ1v) is 9.61. The van der Waals surface area contributed by atoms with Crippen molar-refractivity contribution in [3.63, 3.8) is 0 Å². The molecule has 0 radical (unpaired) electrons. The van der Waals surface area contributed by atoms with E-state index in [1.807, 2.05) is 36.1 Å². The SMILES string of the molecule is CCOC(=O)c1cnn(C)c1NC(=O)CN(CC)CC1COc2ccccc2O1. The standard InChI is InChI=1S/C20H26N4O5/c1-4-24(11-14-13-28-16-8-6-7-9-17(16)29-14)12-18(25)22-19-15(10-21-23(19)3)20(26)27-5-2/h6-10,14H,4-5,11-13H2,1-3H3,(H,22,25). The maximum absolute atomic E-state index is 12.6. The Hall–Kier alpha value is -3.07. The van der Waals surface area contributed by atoms with Crippen LogP contribution in [0.15, 0.2) is 30.5 Å². The number of rotatable bonds is 8. The molecule has 9 heteroatoms. The molecule has 0 saturated carbocycles. The molecule has 1 atom stereocenters. The van der Waals surface area contributed by atoms with Gasteiger partial charge in [0.25, 0.3) is 0 Å². The van der Waals surface area contributed by atoms with Crippen molar-refractivity contribution < 1.29 is 23.8 Å². The van der Waals surface area contributed by atoms with E-state index in [0.29, 0.717) is 31.3 Å². The molecule has 1 aromatic heterocycles. The molecule has 1 aliphatic heterocycles. The number of benzene rings is 1. The third-order valence-electron chi connectivity index (χ3n) is 4.54. The number of hydrogen-bond donors (Lipinski definition) is 1. The fraction of sp³-hybridized carbons (Fsp3) is 0.450. The van der Waals surface area contributed by atoms with Crippen molar-refractivity contribution in [3.8, 4) is 11.5 Å². The highest BCUT2D eigenvalue weighted by Gasteiger charge is 2.24. The number of hydrogen-bond acceptors (Lipinski definition) is 7. The molecule has 1 aromatic carbocycles. The molecule has 29 heavy (non-hydrogen) atoms. The number of para-hydroxylation sites is 2. The molecular weight excluding hydrogens is 376 g/mol. The van der Waals surface area contributed by atoms with Gasteiger partial charge in [0.1, 0.15) is 24.1 Å². The normalized spacial score (nSPS) is 15.2. The zero-order valence-corrected chi connectivity index (χ0v) is 16.9. The Morgan fingerprint density at radius 2 is 2.07 bits per heavy atom. The lowest BCUT2D eigenvalue weighted by atomic mass is 10.2. The van der Waals surface area contributed by atoms with Crippen molar-refractivity contribution in [2.45, 2.75) is 20.0 Å². The molecule has 0 spiro atoms. The van der Waals surface area contributed by atoms with Crippen molar-refractivity contribution in [1.82, 2.24) is 14.7 Å². The van der Waals surface area contributed by atoms with Crippen LogP contribution in [0.25, 0.3) is 0 Å². The number of ether oxygens (including phenoxy) is 3. The molecular formula is C20H26N4O5. The van der Waals surface area contributed by atoms with Crippen LogP contribution in [0.5, 0.6) is 11.5 Å². The number of aromatic nitrogens is 2. The molecule has 2 heterocycles. The fourth-order valence-electron chi connectivity index (χ4n) is 3.07. The lowest BCUT2D eigenvalue weighted by molar-refractivity contribution is -0.117. The van der Waals surface area contributed by atoms with Gasteiger partial charge in [0.2, 0.25) is 5.91 Å². The molecule has 2 aromatic rings. The Balaban J connectivity index is 1.58. The highest BCUT2D eigenvalue weighted by Crippen LogP contribution is 2.31. The van der Waals surface area contributed by atoms with Gasteiger partial charge in [-0.15, -0.1) is 0 Å². The van der Waals surface area contributed by atoms with Gasteiger partial charge >= 0.3 is 5.97 Å². The van der Waals surface area contributed by atoms with Crippen LogP contribution in [0.3, 0.4) is 0 Å². The quantitative estimate of drug-likeness (QED) is 0.672. The Morgan fingerprint density at radius 3 is 2.79 bits per heavy atom. The van der Waals surface area contributed by atoms with Gasteiger partial charge in [-0.2, -0.15) is 5.10 Å². The highest BCUT2D eigenvalue weighted by molar-refractivity contribution is 6.00. The van der Waals surface area contributed by atoms with E-state index in [9.17, 15) is 9.59 Å². The van der Waals surface area contributed by atoms with Gasteiger partial charge in [0, 0.05) is 13.6 Å². The zero-order chi connectivity index (χ0) is 20.8. The number of esters is 1. The maximum Gasteiger partial charge on any atom is 0.343 e. The van der Waals surface area contributed by atoms with Crippen molar-refractivity contribution >= 4 is 17.7 Å². The van der Waals surface area contributed by atoms with Gasteiger partial charge in [-0.1, -0.05) is 19.1 Å². The van der Waals surface area contributed by atoms with E-state index < -0.39 is 5.97 Å². The smallest absolute Gasteiger partial charge is 0.343 e. The second-order valence-corrected chi connectivity index (χ2v) is 6.62. The molecule has 1 unspecified atom stereocenters. The van der Waals surface area contributed by atoms with Crippen molar-refractivity contribution in [2.24, 2.45) is 7.05 Å². The number of amides is 1.